The number of nitrogens with zero attached hydrogens (tertiary/aromatic N) is 1. The molecule has 4 rings (SSSR count). The Kier molecular flexibility index (Phi) is 4.62. The molecule has 0 amide bonds. The van der Waals surface area contributed by atoms with Crippen LogP contribution >= 0.6 is 23.2 Å². The highest BCUT2D eigenvalue weighted by atomic mass is 35.5. The number of para-hydroxylation sites is 1. The lowest BCUT2D eigenvalue weighted by Gasteiger charge is -2.14. The predicted molar refractivity (Wildman–Crippen MR) is 113 cm³/mol. The predicted octanol–water partition coefficient (Wildman–Crippen LogP) is 5.87. The van der Waals surface area contributed by atoms with E-state index in [-0.39, 0.29) is 26.9 Å². The number of phenolic OH excluding ortho intramolecular Hbond substituents is 1. The van der Waals surface area contributed by atoms with E-state index in [0.29, 0.717) is 15.9 Å². The van der Waals surface area contributed by atoms with E-state index in [2.05, 4.69) is 0 Å². The van der Waals surface area contributed by atoms with Crippen molar-refractivity contribution >= 4 is 44.1 Å². The van der Waals surface area contributed by atoms with Gasteiger partial charge in [0.05, 0.1) is 21.1 Å². The lowest BCUT2D eigenvalue weighted by molar-refractivity contribution is 0.477. The molecule has 4 aromatic rings. The van der Waals surface area contributed by atoms with Gasteiger partial charge in [0.2, 0.25) is 0 Å². The molecule has 0 saturated heterocycles. The molecule has 0 aliphatic rings. The molecule has 1 aromatic heterocycles. The molecule has 142 valence electrons. The molecule has 1 N–H and O–H groups in total. The van der Waals surface area contributed by atoms with Crippen LogP contribution < -0.4 is 0 Å². The summed E-state index contributed by atoms with van der Waals surface area (Å²) in [6, 6.07) is 18.3. The highest BCUT2D eigenvalue weighted by Gasteiger charge is 2.25. The van der Waals surface area contributed by atoms with Crippen LogP contribution in [0.3, 0.4) is 0 Å². The zero-order chi connectivity index (χ0) is 20.1. The monoisotopic (exact) mass is 431 g/mol. The number of hydrogen-bond acceptors (Lipinski definition) is 3. The minimum atomic E-state index is -3.94. The molecule has 1 heterocycles. The van der Waals surface area contributed by atoms with E-state index in [4.69, 9.17) is 23.2 Å². The third-order valence-electron chi connectivity index (χ3n) is 4.53. The van der Waals surface area contributed by atoms with Crippen LogP contribution in [0.2, 0.25) is 10.0 Å². The van der Waals surface area contributed by atoms with E-state index in [0.717, 1.165) is 5.56 Å². The Labute approximate surface area is 172 Å². The van der Waals surface area contributed by atoms with Gasteiger partial charge in [0.25, 0.3) is 10.0 Å². The molecule has 28 heavy (non-hydrogen) atoms. The molecule has 0 aliphatic carbocycles. The molecule has 0 atom stereocenters. The molecule has 0 saturated carbocycles. The van der Waals surface area contributed by atoms with Gasteiger partial charge in [0.15, 0.2) is 0 Å². The van der Waals surface area contributed by atoms with Gasteiger partial charge in [-0.3, -0.25) is 0 Å². The van der Waals surface area contributed by atoms with Crippen LogP contribution in [0.25, 0.3) is 22.2 Å². The van der Waals surface area contributed by atoms with Crippen molar-refractivity contribution in [1.82, 2.24) is 3.97 Å². The lowest BCUT2D eigenvalue weighted by Crippen LogP contribution is -2.14. The topological polar surface area (TPSA) is 59.3 Å². The number of aromatic nitrogens is 1. The zero-order valence-electron chi connectivity index (χ0n) is 14.7. The fourth-order valence-corrected chi connectivity index (χ4v) is 5.17. The summed E-state index contributed by atoms with van der Waals surface area (Å²) in [5.41, 5.74) is 1.97. The fourth-order valence-electron chi connectivity index (χ4n) is 3.15. The molecule has 3 aromatic carbocycles. The van der Waals surface area contributed by atoms with Crippen LogP contribution in [0.4, 0.5) is 0 Å². The largest absolute Gasteiger partial charge is 0.506 e. The van der Waals surface area contributed by atoms with Crippen LogP contribution in [-0.4, -0.2) is 17.5 Å². The minimum Gasteiger partial charge on any atom is -0.506 e. The normalized spacial score (nSPS) is 11.8. The van der Waals surface area contributed by atoms with Crippen molar-refractivity contribution in [3.63, 3.8) is 0 Å². The van der Waals surface area contributed by atoms with E-state index in [9.17, 15) is 13.5 Å². The van der Waals surface area contributed by atoms with Crippen molar-refractivity contribution < 1.29 is 13.5 Å². The Bertz CT molecular complexity index is 1310. The number of hydrogen-bond donors (Lipinski definition) is 1. The molecule has 0 radical (unpaired) electrons. The second kappa shape index (κ2) is 6.85. The summed E-state index contributed by atoms with van der Waals surface area (Å²) in [5, 5.41) is 11.6. The summed E-state index contributed by atoms with van der Waals surface area (Å²) in [6.07, 6.45) is 0. The molecule has 7 heteroatoms. The van der Waals surface area contributed by atoms with Gasteiger partial charge in [0.1, 0.15) is 5.75 Å². The Morgan fingerprint density at radius 1 is 0.929 bits per heavy atom. The average Bonchev–Trinajstić information content (AvgIpc) is 3.05. The first-order chi connectivity index (χ1) is 13.3. The van der Waals surface area contributed by atoms with Gasteiger partial charge in [-0.1, -0.05) is 59.1 Å². The van der Waals surface area contributed by atoms with Crippen LogP contribution in [0, 0.1) is 6.92 Å². The van der Waals surface area contributed by atoms with Crippen molar-refractivity contribution in [3.05, 3.63) is 82.3 Å². The Morgan fingerprint density at radius 3 is 2.32 bits per heavy atom. The second-order valence-corrected chi connectivity index (χ2v) is 9.08. The van der Waals surface area contributed by atoms with Crippen molar-refractivity contribution in [2.75, 3.05) is 0 Å². The number of rotatable bonds is 3. The minimum absolute atomic E-state index is 0.0482. The van der Waals surface area contributed by atoms with Crippen molar-refractivity contribution in [2.45, 2.75) is 11.8 Å². The Balaban J connectivity index is 2.09. The highest BCUT2D eigenvalue weighted by Crippen LogP contribution is 2.41. The fraction of sp³-hybridized carbons (Fsp3) is 0.0476. The first-order valence-electron chi connectivity index (χ1n) is 8.40. The van der Waals surface area contributed by atoms with Gasteiger partial charge in [-0.15, -0.1) is 0 Å². The van der Waals surface area contributed by atoms with Gasteiger partial charge in [-0.2, -0.15) is 0 Å². The average molecular weight is 432 g/mol. The first kappa shape index (κ1) is 18.9. The van der Waals surface area contributed by atoms with Crippen molar-refractivity contribution in [1.29, 1.82) is 0 Å². The molecule has 4 nitrogen and oxygen atoms in total. The first-order valence-corrected chi connectivity index (χ1v) is 10.6. The molecular weight excluding hydrogens is 417 g/mol. The maximum absolute atomic E-state index is 13.5. The number of halogens is 2. The molecule has 0 aliphatic heterocycles. The summed E-state index contributed by atoms with van der Waals surface area (Å²) in [6.45, 7) is 1.89. The number of benzene rings is 3. The maximum atomic E-state index is 13.5. The summed E-state index contributed by atoms with van der Waals surface area (Å²) < 4.78 is 28.2. The Morgan fingerprint density at radius 2 is 1.61 bits per heavy atom. The highest BCUT2D eigenvalue weighted by molar-refractivity contribution is 7.90. The van der Waals surface area contributed by atoms with E-state index in [1.54, 1.807) is 42.5 Å². The molecule has 0 fully saturated rings. The number of phenols is 1. The van der Waals surface area contributed by atoms with E-state index in [1.165, 1.54) is 16.1 Å². The van der Waals surface area contributed by atoms with Gasteiger partial charge >= 0.3 is 0 Å². The third-order valence-corrected chi connectivity index (χ3v) is 6.78. The second-order valence-electron chi connectivity index (χ2n) is 6.45. The summed E-state index contributed by atoms with van der Waals surface area (Å²) in [7, 11) is -3.94. The van der Waals surface area contributed by atoms with Gasteiger partial charge in [-0.05, 0) is 43.3 Å². The van der Waals surface area contributed by atoms with Crippen LogP contribution in [0.5, 0.6) is 5.75 Å². The number of aryl methyl sites for hydroxylation is 1. The SMILES string of the molecule is Cc1ccc(S(=O)(=O)n2c(-c3cc(Cl)cc(Cl)c3O)cc3ccccc32)cc1. The quantitative estimate of drug-likeness (QED) is 0.441. The summed E-state index contributed by atoms with van der Waals surface area (Å²) in [5.74, 6) is -0.228. The molecule has 0 unspecified atom stereocenters. The lowest BCUT2D eigenvalue weighted by atomic mass is 10.1. The number of fused-ring (bicyclic) bond motifs is 1. The number of aromatic hydroxyl groups is 1. The van der Waals surface area contributed by atoms with Crippen LogP contribution in [0.1, 0.15) is 5.56 Å². The van der Waals surface area contributed by atoms with Crippen LogP contribution in [0.15, 0.2) is 71.6 Å². The zero-order valence-corrected chi connectivity index (χ0v) is 17.1. The van der Waals surface area contributed by atoms with E-state index in [1.807, 2.05) is 19.1 Å². The van der Waals surface area contributed by atoms with Crippen molar-refractivity contribution in [2.24, 2.45) is 0 Å². The standard InChI is InChI=1S/C21H15Cl2NO3S/c1-13-6-8-16(9-7-13)28(26,27)24-19-5-3-2-4-14(19)10-20(24)17-11-15(22)12-18(23)21(17)25/h2-12,25H,1H3. The van der Waals surface area contributed by atoms with Gasteiger partial charge in [-0.25, -0.2) is 12.4 Å². The molecule has 0 bridgehead atoms. The van der Waals surface area contributed by atoms with Crippen LogP contribution in [-0.2, 0) is 10.0 Å². The van der Waals surface area contributed by atoms with E-state index < -0.39 is 10.0 Å². The molecule has 0 spiro atoms. The summed E-state index contributed by atoms with van der Waals surface area (Å²) in [4.78, 5) is 0.147. The van der Waals surface area contributed by atoms with Gasteiger partial charge in [0, 0.05) is 16.0 Å². The molecular formula is C21H15Cl2NO3S. The van der Waals surface area contributed by atoms with Crippen molar-refractivity contribution in [3.8, 4) is 17.0 Å². The summed E-state index contributed by atoms with van der Waals surface area (Å²) >= 11 is 12.2. The maximum Gasteiger partial charge on any atom is 0.268 e. The smallest absolute Gasteiger partial charge is 0.268 e. The Hall–Kier alpha value is -2.47. The van der Waals surface area contributed by atoms with E-state index >= 15 is 0 Å². The third kappa shape index (κ3) is 3.05. The van der Waals surface area contributed by atoms with Gasteiger partial charge < -0.3 is 5.11 Å².